The molecule has 0 fully saturated rings. The van der Waals surface area contributed by atoms with Crippen LogP contribution >= 0.6 is 0 Å². The van der Waals surface area contributed by atoms with E-state index in [0.29, 0.717) is 23.6 Å². The molecule has 1 N–H and O–H groups in total. The Balaban J connectivity index is 1.76. The van der Waals surface area contributed by atoms with Gasteiger partial charge in [0.25, 0.3) is 5.91 Å². The van der Waals surface area contributed by atoms with Gasteiger partial charge < -0.3 is 19.5 Å². The summed E-state index contributed by atoms with van der Waals surface area (Å²) in [5, 5.41) is 2.59. The average molecular weight is 391 g/mol. The minimum atomic E-state index is -2.90. The summed E-state index contributed by atoms with van der Waals surface area (Å²) in [5.74, 6) is -0.499. The van der Waals surface area contributed by atoms with E-state index in [1.54, 1.807) is 24.3 Å². The Labute approximate surface area is 160 Å². The number of ether oxygens (including phenoxy) is 3. The molecule has 0 aliphatic heterocycles. The largest absolute Gasteiger partial charge is 0.494 e. The molecule has 28 heavy (non-hydrogen) atoms. The van der Waals surface area contributed by atoms with Gasteiger partial charge in [-0.2, -0.15) is 8.78 Å². The van der Waals surface area contributed by atoms with Gasteiger partial charge in [-0.1, -0.05) is 12.1 Å². The lowest BCUT2D eigenvalue weighted by Crippen LogP contribution is -2.20. The average Bonchev–Trinajstić information content (AvgIpc) is 2.67. The van der Waals surface area contributed by atoms with Gasteiger partial charge in [-0.15, -0.1) is 0 Å². The predicted molar refractivity (Wildman–Crippen MR) is 99.3 cm³/mol. The normalized spacial score (nSPS) is 10.7. The van der Waals surface area contributed by atoms with Crippen molar-refractivity contribution in [2.75, 3.05) is 18.5 Å². The molecular weight excluding hydrogens is 372 g/mol. The molecule has 2 rings (SSSR count). The molecule has 148 valence electrons. The SMILES string of the molecule is CCOc1ccc(NC(=O)COC(=O)C=Cc2ccc(OC(F)F)cc2)cc1. The standard InChI is InChI=1S/C20H19F2NO5/c1-2-26-16-10-6-15(7-11-16)23-18(24)13-27-19(25)12-5-14-3-8-17(9-4-14)28-20(21)22/h3-12,20H,2,13H2,1H3,(H,23,24). The van der Waals surface area contributed by atoms with Crippen molar-refractivity contribution in [1.82, 2.24) is 0 Å². The first-order valence-corrected chi connectivity index (χ1v) is 8.38. The zero-order chi connectivity index (χ0) is 20.4. The van der Waals surface area contributed by atoms with Crippen molar-refractivity contribution in [1.29, 1.82) is 0 Å². The molecule has 2 aromatic rings. The first-order valence-electron chi connectivity index (χ1n) is 8.38. The van der Waals surface area contributed by atoms with E-state index in [0.717, 1.165) is 6.08 Å². The molecule has 0 unspecified atom stereocenters. The minimum absolute atomic E-state index is 0.0145. The van der Waals surface area contributed by atoms with E-state index in [1.165, 1.54) is 30.3 Å². The van der Waals surface area contributed by atoms with Crippen LogP contribution in [0.3, 0.4) is 0 Å². The first-order chi connectivity index (χ1) is 13.5. The molecule has 0 saturated carbocycles. The van der Waals surface area contributed by atoms with Crippen molar-refractivity contribution >= 4 is 23.6 Å². The van der Waals surface area contributed by atoms with E-state index in [2.05, 4.69) is 10.1 Å². The topological polar surface area (TPSA) is 73.9 Å². The molecule has 0 radical (unpaired) electrons. The van der Waals surface area contributed by atoms with Crippen LogP contribution in [0.4, 0.5) is 14.5 Å². The second-order valence-electron chi connectivity index (χ2n) is 5.39. The highest BCUT2D eigenvalue weighted by molar-refractivity contribution is 5.94. The number of nitrogens with one attached hydrogen (secondary N) is 1. The lowest BCUT2D eigenvalue weighted by atomic mass is 10.2. The molecular formula is C20H19F2NO5. The van der Waals surface area contributed by atoms with Crippen LogP contribution in [-0.2, 0) is 14.3 Å². The van der Waals surface area contributed by atoms with Gasteiger partial charge in [0.2, 0.25) is 0 Å². The number of anilines is 1. The second kappa shape index (κ2) is 10.7. The summed E-state index contributed by atoms with van der Waals surface area (Å²) in [5.41, 5.74) is 1.13. The van der Waals surface area contributed by atoms with Gasteiger partial charge in [-0.25, -0.2) is 4.79 Å². The van der Waals surface area contributed by atoms with Crippen molar-refractivity contribution in [2.24, 2.45) is 0 Å². The fraction of sp³-hybridized carbons (Fsp3) is 0.200. The van der Waals surface area contributed by atoms with Crippen LogP contribution in [0.5, 0.6) is 11.5 Å². The Morgan fingerprint density at radius 3 is 2.29 bits per heavy atom. The molecule has 2 aromatic carbocycles. The highest BCUT2D eigenvalue weighted by Crippen LogP contribution is 2.16. The number of esters is 1. The molecule has 0 atom stereocenters. The van der Waals surface area contributed by atoms with Crippen molar-refractivity contribution in [3.63, 3.8) is 0 Å². The Morgan fingerprint density at radius 2 is 1.68 bits per heavy atom. The smallest absolute Gasteiger partial charge is 0.387 e. The molecule has 1 amide bonds. The maximum atomic E-state index is 12.1. The Morgan fingerprint density at radius 1 is 1.04 bits per heavy atom. The van der Waals surface area contributed by atoms with Gasteiger partial charge in [-0.05, 0) is 55.0 Å². The number of hydrogen-bond acceptors (Lipinski definition) is 5. The van der Waals surface area contributed by atoms with Crippen LogP contribution < -0.4 is 14.8 Å². The van der Waals surface area contributed by atoms with E-state index in [4.69, 9.17) is 9.47 Å². The quantitative estimate of drug-likeness (QED) is 0.519. The summed E-state index contributed by atoms with van der Waals surface area (Å²) in [6, 6.07) is 12.5. The molecule has 0 aliphatic rings. The van der Waals surface area contributed by atoms with Gasteiger partial charge in [0, 0.05) is 11.8 Å². The lowest BCUT2D eigenvalue weighted by molar-refractivity contribution is -0.142. The number of hydrogen-bond donors (Lipinski definition) is 1. The van der Waals surface area contributed by atoms with E-state index in [-0.39, 0.29) is 5.75 Å². The monoisotopic (exact) mass is 391 g/mol. The van der Waals surface area contributed by atoms with E-state index in [1.807, 2.05) is 6.92 Å². The summed E-state index contributed by atoms with van der Waals surface area (Å²) in [7, 11) is 0. The van der Waals surface area contributed by atoms with E-state index < -0.39 is 25.1 Å². The number of carbonyl (C=O) groups excluding carboxylic acids is 2. The first kappa shape index (κ1) is 20.9. The van der Waals surface area contributed by atoms with Crippen molar-refractivity contribution in [3.8, 4) is 11.5 Å². The number of benzene rings is 2. The third kappa shape index (κ3) is 7.45. The van der Waals surface area contributed by atoms with Gasteiger partial charge in [-0.3, -0.25) is 4.79 Å². The molecule has 6 nitrogen and oxygen atoms in total. The summed E-state index contributed by atoms with van der Waals surface area (Å²) < 4.78 is 38.5. The zero-order valence-electron chi connectivity index (χ0n) is 15.1. The van der Waals surface area contributed by atoms with Crippen LogP contribution in [0.2, 0.25) is 0 Å². The number of halogens is 2. The van der Waals surface area contributed by atoms with Crippen molar-refractivity contribution in [3.05, 3.63) is 60.2 Å². The maximum Gasteiger partial charge on any atom is 0.387 e. The number of rotatable bonds is 9. The number of carbonyl (C=O) groups is 2. The Kier molecular flexibility index (Phi) is 7.95. The Hall–Kier alpha value is -3.42. The summed E-state index contributed by atoms with van der Waals surface area (Å²) in [6.07, 6.45) is 2.56. The van der Waals surface area contributed by atoms with Crippen LogP contribution in [-0.4, -0.2) is 31.7 Å². The highest BCUT2D eigenvalue weighted by Gasteiger charge is 2.06. The number of alkyl halides is 2. The molecule has 0 spiro atoms. The van der Waals surface area contributed by atoms with Gasteiger partial charge in [0.05, 0.1) is 6.61 Å². The molecule has 0 saturated heterocycles. The van der Waals surface area contributed by atoms with E-state index >= 15 is 0 Å². The Bertz CT molecular complexity index is 804. The van der Waals surface area contributed by atoms with Crippen molar-refractivity contribution in [2.45, 2.75) is 13.5 Å². The lowest BCUT2D eigenvalue weighted by Gasteiger charge is -2.07. The minimum Gasteiger partial charge on any atom is -0.494 e. The highest BCUT2D eigenvalue weighted by atomic mass is 19.3. The summed E-state index contributed by atoms with van der Waals surface area (Å²) in [6.45, 7) is -0.930. The van der Waals surface area contributed by atoms with Crippen LogP contribution in [0.1, 0.15) is 12.5 Å². The molecule has 0 bridgehead atoms. The van der Waals surface area contributed by atoms with E-state index in [9.17, 15) is 18.4 Å². The van der Waals surface area contributed by atoms with Crippen molar-refractivity contribution < 1.29 is 32.6 Å². The summed E-state index contributed by atoms with van der Waals surface area (Å²) >= 11 is 0. The number of amides is 1. The third-order valence-electron chi connectivity index (χ3n) is 3.31. The fourth-order valence-electron chi connectivity index (χ4n) is 2.11. The van der Waals surface area contributed by atoms with Gasteiger partial charge >= 0.3 is 12.6 Å². The molecule has 8 heteroatoms. The maximum absolute atomic E-state index is 12.1. The fourth-order valence-corrected chi connectivity index (χ4v) is 2.11. The van der Waals surface area contributed by atoms with Crippen LogP contribution in [0, 0.1) is 0 Å². The second-order valence-corrected chi connectivity index (χ2v) is 5.39. The molecule has 0 aliphatic carbocycles. The summed E-state index contributed by atoms with van der Waals surface area (Å²) in [4.78, 5) is 23.5. The van der Waals surface area contributed by atoms with Crippen LogP contribution in [0.15, 0.2) is 54.6 Å². The predicted octanol–water partition coefficient (Wildman–Crippen LogP) is 3.88. The van der Waals surface area contributed by atoms with Crippen LogP contribution in [0.25, 0.3) is 6.08 Å². The van der Waals surface area contributed by atoms with Gasteiger partial charge in [0.15, 0.2) is 6.61 Å². The van der Waals surface area contributed by atoms with Gasteiger partial charge in [0.1, 0.15) is 11.5 Å². The molecule has 0 aromatic heterocycles. The zero-order valence-corrected chi connectivity index (χ0v) is 15.1. The third-order valence-corrected chi connectivity index (χ3v) is 3.31. The molecule has 0 heterocycles.